The smallest absolute Gasteiger partial charge is 0.164 e. The molecule has 0 saturated carbocycles. The van der Waals surface area contributed by atoms with Gasteiger partial charge in [-0.3, -0.25) is 4.79 Å². The maximum Gasteiger partial charge on any atom is 0.164 e. The van der Waals surface area contributed by atoms with Crippen molar-refractivity contribution in [1.29, 1.82) is 0 Å². The van der Waals surface area contributed by atoms with Crippen LogP contribution in [0.1, 0.15) is 40.5 Å². The Balaban J connectivity index is 4.37. The van der Waals surface area contributed by atoms with Crippen LogP contribution in [-0.2, 0) is 4.79 Å². The molecule has 0 spiro atoms. The van der Waals surface area contributed by atoms with Crippen LogP contribution in [0.5, 0.6) is 0 Å². The van der Waals surface area contributed by atoms with Crippen molar-refractivity contribution in [2.75, 3.05) is 6.61 Å². The molecule has 0 amide bonds. The van der Waals surface area contributed by atoms with Crippen molar-refractivity contribution in [3.8, 4) is 0 Å². The molecule has 0 aliphatic rings. The third-order valence-electron chi connectivity index (χ3n) is 3.67. The largest absolute Gasteiger partial charge is 0.394 e. The van der Waals surface area contributed by atoms with Gasteiger partial charge in [-0.2, -0.15) is 0 Å². The molecule has 0 aliphatic heterocycles. The minimum Gasteiger partial charge on any atom is -0.394 e. The van der Waals surface area contributed by atoms with Crippen LogP contribution < -0.4 is 0 Å². The van der Waals surface area contributed by atoms with E-state index >= 15 is 0 Å². The molecular weight excluding hydrogens is 248 g/mol. The van der Waals surface area contributed by atoms with E-state index in [1.54, 1.807) is 0 Å². The molecule has 0 aromatic heterocycles. The van der Waals surface area contributed by atoms with E-state index in [4.69, 9.17) is 5.11 Å². The first-order valence-electron chi connectivity index (χ1n) is 6.90. The van der Waals surface area contributed by atoms with Crippen LogP contribution in [0.3, 0.4) is 0 Å². The van der Waals surface area contributed by atoms with E-state index in [0.29, 0.717) is 24.2 Å². The zero-order valence-electron chi connectivity index (χ0n) is 12.3. The van der Waals surface area contributed by atoms with E-state index < -0.39 is 30.7 Å². The second-order valence-electron chi connectivity index (χ2n) is 5.84. The molecule has 0 heterocycles. The summed E-state index contributed by atoms with van der Waals surface area (Å²) in [5.41, 5.74) is 0. The molecule has 19 heavy (non-hydrogen) atoms. The van der Waals surface area contributed by atoms with E-state index in [0.717, 1.165) is 0 Å². The Kier molecular flexibility index (Phi) is 8.41. The minimum absolute atomic E-state index is 0.164. The lowest BCUT2D eigenvalue weighted by atomic mass is 9.81. The number of carbonyl (C=O) groups excluding carboxylic acids is 1. The van der Waals surface area contributed by atoms with Gasteiger partial charge in [0.25, 0.3) is 0 Å². The average molecular weight is 276 g/mol. The molecule has 0 rings (SSSR count). The summed E-state index contributed by atoms with van der Waals surface area (Å²) in [6.07, 6.45) is -3.95. The molecule has 0 radical (unpaired) electrons. The second kappa shape index (κ2) is 8.64. The van der Waals surface area contributed by atoms with Gasteiger partial charge in [0.1, 0.15) is 18.3 Å². The number of Topliss-reactive ketones (excluding diaryl/α,β-unsaturated/α-hetero) is 1. The molecule has 0 bridgehead atoms. The molecule has 114 valence electrons. The van der Waals surface area contributed by atoms with Crippen molar-refractivity contribution in [1.82, 2.24) is 0 Å². The van der Waals surface area contributed by atoms with E-state index in [1.807, 2.05) is 0 Å². The van der Waals surface area contributed by atoms with Crippen LogP contribution in [0.4, 0.5) is 0 Å². The molecule has 3 atom stereocenters. The maximum absolute atomic E-state index is 11.8. The van der Waals surface area contributed by atoms with Crippen LogP contribution in [0, 0.1) is 17.8 Å². The number of carbonyl (C=O) groups is 1. The van der Waals surface area contributed by atoms with Crippen LogP contribution in [-0.4, -0.2) is 51.1 Å². The van der Waals surface area contributed by atoms with Gasteiger partial charge in [-0.1, -0.05) is 27.7 Å². The second-order valence-corrected chi connectivity index (χ2v) is 5.84. The van der Waals surface area contributed by atoms with Crippen LogP contribution in [0.25, 0.3) is 0 Å². The summed E-state index contributed by atoms with van der Waals surface area (Å²) >= 11 is 0. The van der Waals surface area contributed by atoms with Crippen LogP contribution >= 0.6 is 0 Å². The zero-order chi connectivity index (χ0) is 15.2. The number of rotatable bonds is 9. The summed E-state index contributed by atoms with van der Waals surface area (Å²) < 4.78 is 0. The predicted molar refractivity (Wildman–Crippen MR) is 72.5 cm³/mol. The number of hydrogen-bond acceptors (Lipinski definition) is 5. The summed E-state index contributed by atoms with van der Waals surface area (Å²) in [6.45, 7) is 7.68. The lowest BCUT2D eigenvalue weighted by Crippen LogP contribution is -2.44. The molecule has 0 fully saturated rings. The van der Waals surface area contributed by atoms with Gasteiger partial charge in [0, 0.05) is 6.42 Å². The number of ketones is 1. The van der Waals surface area contributed by atoms with Crippen molar-refractivity contribution in [3.05, 3.63) is 0 Å². The van der Waals surface area contributed by atoms with Gasteiger partial charge in [-0.05, 0) is 24.2 Å². The molecule has 0 aromatic carbocycles. The fourth-order valence-corrected chi connectivity index (χ4v) is 2.40. The number of aliphatic hydroxyl groups excluding tert-OH is 4. The van der Waals surface area contributed by atoms with E-state index in [9.17, 15) is 20.1 Å². The number of hydrogen-bond donors (Lipinski definition) is 4. The third kappa shape index (κ3) is 5.99. The first-order valence-corrected chi connectivity index (χ1v) is 6.90. The third-order valence-corrected chi connectivity index (χ3v) is 3.67. The highest BCUT2D eigenvalue weighted by Gasteiger charge is 2.30. The Morgan fingerprint density at radius 1 is 1.00 bits per heavy atom. The lowest BCUT2D eigenvalue weighted by molar-refractivity contribution is -0.140. The Labute approximate surface area is 115 Å². The van der Waals surface area contributed by atoms with Crippen LogP contribution in [0.15, 0.2) is 0 Å². The van der Waals surface area contributed by atoms with Gasteiger partial charge in [-0.15, -0.1) is 0 Å². The fourth-order valence-electron chi connectivity index (χ4n) is 2.40. The predicted octanol–water partition coefficient (Wildman–Crippen LogP) is 0.339. The summed E-state index contributed by atoms with van der Waals surface area (Å²) in [4.78, 5) is 11.8. The highest BCUT2D eigenvalue weighted by Crippen LogP contribution is 2.25. The minimum atomic E-state index is -1.64. The molecule has 0 aliphatic carbocycles. The van der Waals surface area contributed by atoms with Gasteiger partial charge < -0.3 is 20.4 Å². The zero-order valence-corrected chi connectivity index (χ0v) is 12.3. The molecule has 0 saturated heterocycles. The molecule has 5 nitrogen and oxygen atoms in total. The molecule has 5 heteroatoms. The van der Waals surface area contributed by atoms with Gasteiger partial charge in [0.2, 0.25) is 0 Å². The molecular formula is C14H28O5. The maximum atomic E-state index is 11.8. The summed E-state index contributed by atoms with van der Waals surface area (Å²) in [5.74, 6) is 0.762. The quantitative estimate of drug-likeness (QED) is 0.487. The highest BCUT2D eigenvalue weighted by atomic mass is 16.4. The summed E-state index contributed by atoms with van der Waals surface area (Å²) in [6, 6.07) is 0. The number of aliphatic hydroxyl groups is 4. The van der Waals surface area contributed by atoms with Crippen molar-refractivity contribution in [3.63, 3.8) is 0 Å². The van der Waals surface area contributed by atoms with E-state index in [1.165, 1.54) is 0 Å². The standard InChI is InChI=1S/C14H28O5/c1-8(2)10(9(3)4)5-6-11(16)13(18)14(19)12(17)7-15/h8-10,12-15,17-19H,5-7H2,1-4H3/t12-,13-,14-/m1/s1. The normalized spacial score (nSPS) is 17.0. The average Bonchev–Trinajstić information content (AvgIpc) is 2.34. The lowest BCUT2D eigenvalue weighted by Gasteiger charge is -2.26. The fraction of sp³-hybridized carbons (Fsp3) is 0.929. The van der Waals surface area contributed by atoms with Crippen molar-refractivity contribution >= 4 is 5.78 Å². The van der Waals surface area contributed by atoms with Crippen molar-refractivity contribution < 1.29 is 25.2 Å². The Bertz CT molecular complexity index is 257. The van der Waals surface area contributed by atoms with E-state index in [-0.39, 0.29) is 6.42 Å². The SMILES string of the molecule is CC(C)C(CCC(=O)[C@@H](O)[C@H](O)[C@H](O)CO)C(C)C. The van der Waals surface area contributed by atoms with Gasteiger partial charge >= 0.3 is 0 Å². The van der Waals surface area contributed by atoms with Crippen molar-refractivity contribution in [2.45, 2.75) is 58.8 Å². The van der Waals surface area contributed by atoms with Gasteiger partial charge in [0.15, 0.2) is 5.78 Å². The van der Waals surface area contributed by atoms with Gasteiger partial charge in [-0.25, -0.2) is 0 Å². The monoisotopic (exact) mass is 276 g/mol. The summed E-state index contributed by atoms with van der Waals surface area (Å²) in [5, 5.41) is 36.9. The topological polar surface area (TPSA) is 98.0 Å². The Hall–Kier alpha value is -0.490. The van der Waals surface area contributed by atoms with Crippen LogP contribution in [0.2, 0.25) is 0 Å². The Morgan fingerprint density at radius 2 is 1.47 bits per heavy atom. The van der Waals surface area contributed by atoms with Gasteiger partial charge in [0.05, 0.1) is 6.61 Å². The first kappa shape index (κ1) is 18.5. The first-order chi connectivity index (χ1) is 8.72. The Morgan fingerprint density at radius 3 is 1.84 bits per heavy atom. The van der Waals surface area contributed by atoms with E-state index in [2.05, 4.69) is 27.7 Å². The highest BCUT2D eigenvalue weighted by molar-refractivity contribution is 5.83. The molecule has 0 unspecified atom stereocenters. The molecule has 0 aromatic rings. The van der Waals surface area contributed by atoms with Crippen molar-refractivity contribution in [2.24, 2.45) is 17.8 Å². The summed E-state index contributed by atoms with van der Waals surface area (Å²) in [7, 11) is 0. The molecule has 4 N–H and O–H groups in total.